The van der Waals surface area contributed by atoms with E-state index in [0.29, 0.717) is 11.7 Å². The van der Waals surface area contributed by atoms with E-state index in [1.54, 1.807) is 0 Å². The fourth-order valence-corrected chi connectivity index (χ4v) is 3.17. The zero-order valence-electron chi connectivity index (χ0n) is 8.10. The number of carbonyl (C=O) groups is 1. The first-order valence-corrected chi connectivity index (χ1v) is 5.35. The summed E-state index contributed by atoms with van der Waals surface area (Å²) in [5.41, 5.74) is 0.563. The zero-order valence-corrected chi connectivity index (χ0v) is 8.10. The van der Waals surface area contributed by atoms with E-state index in [-0.39, 0.29) is 0 Å². The SMILES string of the molecule is O=Cc1cn([C@@H]2C[C@@H]3CC[C@H]2C3)cn1. The molecule has 2 aliphatic carbocycles. The van der Waals surface area contributed by atoms with Crippen molar-refractivity contribution in [3.8, 4) is 0 Å². The lowest BCUT2D eigenvalue weighted by Gasteiger charge is -2.22. The molecule has 1 aromatic heterocycles. The molecule has 2 saturated carbocycles. The molecule has 0 saturated heterocycles. The number of hydrogen-bond acceptors (Lipinski definition) is 2. The predicted molar refractivity (Wildman–Crippen MR) is 52.1 cm³/mol. The van der Waals surface area contributed by atoms with Crippen molar-refractivity contribution in [1.29, 1.82) is 0 Å². The van der Waals surface area contributed by atoms with Crippen LogP contribution in [0.5, 0.6) is 0 Å². The first-order valence-electron chi connectivity index (χ1n) is 5.35. The molecule has 2 aliphatic rings. The van der Waals surface area contributed by atoms with Crippen LogP contribution in [-0.2, 0) is 0 Å². The fourth-order valence-electron chi connectivity index (χ4n) is 3.17. The summed E-state index contributed by atoms with van der Waals surface area (Å²) in [4.78, 5) is 14.6. The monoisotopic (exact) mass is 190 g/mol. The minimum absolute atomic E-state index is 0.563. The van der Waals surface area contributed by atoms with Gasteiger partial charge in [0.2, 0.25) is 0 Å². The van der Waals surface area contributed by atoms with Gasteiger partial charge in [-0.2, -0.15) is 0 Å². The summed E-state index contributed by atoms with van der Waals surface area (Å²) in [6.07, 6.45) is 9.98. The zero-order chi connectivity index (χ0) is 9.54. The quantitative estimate of drug-likeness (QED) is 0.669. The Morgan fingerprint density at radius 3 is 2.93 bits per heavy atom. The molecular weight excluding hydrogens is 176 g/mol. The smallest absolute Gasteiger partial charge is 0.169 e. The van der Waals surface area contributed by atoms with E-state index < -0.39 is 0 Å². The predicted octanol–water partition coefficient (Wildman–Crippen LogP) is 2.06. The molecule has 2 fully saturated rings. The molecule has 3 nitrogen and oxygen atoms in total. The Balaban J connectivity index is 1.85. The van der Waals surface area contributed by atoms with Crippen LogP contribution < -0.4 is 0 Å². The molecule has 0 unspecified atom stereocenters. The second-order valence-electron chi connectivity index (χ2n) is 4.61. The summed E-state index contributed by atoms with van der Waals surface area (Å²) in [6, 6.07) is 0.620. The lowest BCUT2D eigenvalue weighted by atomic mass is 9.95. The van der Waals surface area contributed by atoms with Gasteiger partial charge in [-0.15, -0.1) is 0 Å². The largest absolute Gasteiger partial charge is 0.333 e. The van der Waals surface area contributed by atoms with Crippen LogP contribution in [0.25, 0.3) is 0 Å². The molecule has 0 spiro atoms. The number of fused-ring (bicyclic) bond motifs is 2. The summed E-state index contributed by atoms with van der Waals surface area (Å²) < 4.78 is 2.15. The van der Waals surface area contributed by atoms with Gasteiger partial charge in [0.05, 0.1) is 6.33 Å². The fraction of sp³-hybridized carbons (Fsp3) is 0.636. The third kappa shape index (κ3) is 1.11. The van der Waals surface area contributed by atoms with Gasteiger partial charge >= 0.3 is 0 Å². The van der Waals surface area contributed by atoms with E-state index in [0.717, 1.165) is 18.1 Å². The summed E-state index contributed by atoms with van der Waals surface area (Å²) >= 11 is 0. The lowest BCUT2D eigenvalue weighted by Crippen LogP contribution is -2.14. The Morgan fingerprint density at radius 2 is 2.36 bits per heavy atom. The second kappa shape index (κ2) is 2.94. The number of nitrogens with zero attached hydrogens (tertiary/aromatic N) is 2. The van der Waals surface area contributed by atoms with Crippen LogP contribution >= 0.6 is 0 Å². The third-order valence-electron chi connectivity index (χ3n) is 3.83. The Labute approximate surface area is 83.1 Å². The van der Waals surface area contributed by atoms with Gasteiger partial charge in [-0.3, -0.25) is 4.79 Å². The second-order valence-corrected chi connectivity index (χ2v) is 4.61. The van der Waals surface area contributed by atoms with Crippen molar-refractivity contribution in [3.05, 3.63) is 18.2 Å². The summed E-state index contributed by atoms with van der Waals surface area (Å²) in [6.45, 7) is 0. The average Bonchev–Trinajstić information content (AvgIpc) is 2.93. The van der Waals surface area contributed by atoms with E-state index in [1.807, 2.05) is 12.5 Å². The van der Waals surface area contributed by atoms with Gasteiger partial charge in [0.15, 0.2) is 6.29 Å². The molecule has 3 heteroatoms. The first-order chi connectivity index (χ1) is 6.86. The van der Waals surface area contributed by atoms with Crippen LogP contribution in [0.15, 0.2) is 12.5 Å². The average molecular weight is 190 g/mol. The highest BCUT2D eigenvalue weighted by atomic mass is 16.1. The van der Waals surface area contributed by atoms with Crippen LogP contribution in [0.3, 0.4) is 0 Å². The topological polar surface area (TPSA) is 34.9 Å². The van der Waals surface area contributed by atoms with Gasteiger partial charge in [-0.1, -0.05) is 6.42 Å². The van der Waals surface area contributed by atoms with Gasteiger partial charge in [0.1, 0.15) is 5.69 Å². The molecule has 0 aromatic carbocycles. The van der Waals surface area contributed by atoms with Gasteiger partial charge in [0.25, 0.3) is 0 Å². The van der Waals surface area contributed by atoms with Crippen LogP contribution in [-0.4, -0.2) is 15.8 Å². The van der Waals surface area contributed by atoms with Crippen molar-refractivity contribution in [2.24, 2.45) is 11.8 Å². The number of aldehydes is 1. The van der Waals surface area contributed by atoms with E-state index in [9.17, 15) is 4.79 Å². The van der Waals surface area contributed by atoms with E-state index in [4.69, 9.17) is 0 Å². The molecule has 1 heterocycles. The minimum Gasteiger partial charge on any atom is -0.333 e. The van der Waals surface area contributed by atoms with E-state index in [2.05, 4.69) is 9.55 Å². The van der Waals surface area contributed by atoms with Crippen molar-refractivity contribution < 1.29 is 4.79 Å². The molecule has 3 rings (SSSR count). The molecule has 3 atom stereocenters. The van der Waals surface area contributed by atoms with Crippen molar-refractivity contribution in [1.82, 2.24) is 9.55 Å². The molecular formula is C11H14N2O. The van der Waals surface area contributed by atoms with E-state index in [1.165, 1.54) is 25.7 Å². The lowest BCUT2D eigenvalue weighted by molar-refractivity contribution is 0.111. The minimum atomic E-state index is 0.563. The Kier molecular flexibility index (Phi) is 1.72. The maximum absolute atomic E-state index is 10.5. The van der Waals surface area contributed by atoms with Crippen LogP contribution in [0, 0.1) is 11.8 Å². The Bertz CT molecular complexity index is 358. The number of aromatic nitrogens is 2. The summed E-state index contributed by atoms with van der Waals surface area (Å²) in [5.74, 6) is 1.78. The highest BCUT2D eigenvalue weighted by Gasteiger charge is 2.40. The number of imidazole rings is 1. The van der Waals surface area contributed by atoms with Crippen molar-refractivity contribution in [2.45, 2.75) is 31.7 Å². The van der Waals surface area contributed by atoms with Crippen LogP contribution in [0.2, 0.25) is 0 Å². The highest BCUT2D eigenvalue weighted by molar-refractivity contribution is 5.70. The summed E-state index contributed by atoms with van der Waals surface area (Å²) in [7, 11) is 0. The molecule has 0 amide bonds. The van der Waals surface area contributed by atoms with Crippen LogP contribution in [0.4, 0.5) is 0 Å². The number of hydrogen-bond donors (Lipinski definition) is 0. The standard InChI is InChI=1S/C11H14N2O/c14-6-10-5-13(7-12-10)11-4-8-1-2-9(11)3-8/h5-9,11H,1-4H2/t8-,9+,11-/m1/s1. The number of carbonyl (C=O) groups excluding carboxylic acids is 1. The van der Waals surface area contributed by atoms with Crippen molar-refractivity contribution in [2.75, 3.05) is 0 Å². The molecule has 0 N–H and O–H groups in total. The maximum atomic E-state index is 10.5. The van der Waals surface area contributed by atoms with Gasteiger partial charge < -0.3 is 4.57 Å². The third-order valence-corrected chi connectivity index (χ3v) is 3.83. The van der Waals surface area contributed by atoms with Crippen molar-refractivity contribution >= 4 is 6.29 Å². The molecule has 0 aliphatic heterocycles. The van der Waals surface area contributed by atoms with Gasteiger partial charge in [-0.25, -0.2) is 4.98 Å². The first kappa shape index (κ1) is 8.21. The number of rotatable bonds is 2. The van der Waals surface area contributed by atoms with Gasteiger partial charge in [-0.05, 0) is 31.1 Å². The molecule has 2 bridgehead atoms. The van der Waals surface area contributed by atoms with Crippen LogP contribution in [0.1, 0.15) is 42.2 Å². The molecule has 14 heavy (non-hydrogen) atoms. The Hall–Kier alpha value is -1.12. The molecule has 74 valence electrons. The molecule has 1 aromatic rings. The Morgan fingerprint density at radius 1 is 1.43 bits per heavy atom. The summed E-state index contributed by atoms with van der Waals surface area (Å²) in [5, 5.41) is 0. The van der Waals surface area contributed by atoms with Gasteiger partial charge in [0, 0.05) is 12.2 Å². The van der Waals surface area contributed by atoms with Crippen molar-refractivity contribution in [3.63, 3.8) is 0 Å². The maximum Gasteiger partial charge on any atom is 0.169 e. The molecule has 0 radical (unpaired) electrons. The van der Waals surface area contributed by atoms with E-state index >= 15 is 0 Å². The highest BCUT2D eigenvalue weighted by Crippen LogP contribution is 2.50. The normalized spacial score (nSPS) is 35.0.